The molecule has 3 aromatic rings. The molecule has 2 aromatic heterocycles. The van der Waals surface area contributed by atoms with Gasteiger partial charge in [0.1, 0.15) is 17.1 Å². The topological polar surface area (TPSA) is 56.5 Å². The number of aromatic nitrogens is 3. The maximum absolute atomic E-state index is 13.4. The van der Waals surface area contributed by atoms with Gasteiger partial charge in [-0.1, -0.05) is 0 Å². The summed E-state index contributed by atoms with van der Waals surface area (Å²) < 4.78 is 45.5. The second-order valence-electron chi connectivity index (χ2n) is 4.89. The lowest BCUT2D eigenvalue weighted by Gasteiger charge is -2.08. The molecule has 24 heavy (non-hydrogen) atoms. The fourth-order valence-electron chi connectivity index (χ4n) is 2.26. The minimum Gasteiger partial charge on any atom is -0.462 e. The van der Waals surface area contributed by atoms with Crippen LogP contribution in [-0.4, -0.2) is 27.2 Å². The molecule has 0 amide bonds. The van der Waals surface area contributed by atoms with Crippen molar-refractivity contribution in [1.82, 2.24) is 14.6 Å². The van der Waals surface area contributed by atoms with Crippen LogP contribution in [0.5, 0.6) is 0 Å². The summed E-state index contributed by atoms with van der Waals surface area (Å²) in [4.78, 5) is 16.2. The number of rotatable bonds is 4. The molecule has 0 aliphatic heterocycles. The van der Waals surface area contributed by atoms with E-state index in [9.17, 15) is 18.0 Å². The monoisotopic (exact) mass is 335 g/mol. The van der Waals surface area contributed by atoms with Gasteiger partial charge in [-0.25, -0.2) is 27.5 Å². The van der Waals surface area contributed by atoms with Gasteiger partial charge in [0.2, 0.25) is 0 Å². The quantitative estimate of drug-likeness (QED) is 0.683. The van der Waals surface area contributed by atoms with E-state index < -0.39 is 23.9 Å². The number of fused-ring (bicyclic) bond motifs is 1. The lowest BCUT2D eigenvalue weighted by molar-refractivity contribution is 0.0528. The van der Waals surface area contributed by atoms with Gasteiger partial charge in [0.15, 0.2) is 5.65 Å². The van der Waals surface area contributed by atoms with E-state index in [4.69, 9.17) is 4.74 Å². The predicted octanol–water partition coefficient (Wildman–Crippen LogP) is 3.65. The fraction of sp³-hybridized carbons (Fsp3) is 0.188. The number of hydrogen-bond acceptors (Lipinski definition) is 4. The summed E-state index contributed by atoms with van der Waals surface area (Å²) in [5.74, 6) is -1.15. The van der Waals surface area contributed by atoms with E-state index in [1.54, 1.807) is 6.92 Å². The third kappa shape index (κ3) is 2.82. The predicted molar refractivity (Wildman–Crippen MR) is 79.3 cm³/mol. The van der Waals surface area contributed by atoms with Gasteiger partial charge in [-0.2, -0.15) is 5.10 Å². The smallest absolute Gasteiger partial charge is 0.343 e. The van der Waals surface area contributed by atoms with Crippen molar-refractivity contribution in [2.45, 2.75) is 13.3 Å². The molecule has 0 radical (unpaired) electrons. The Labute approximate surface area is 134 Å². The molecule has 0 aliphatic rings. The van der Waals surface area contributed by atoms with Crippen LogP contribution in [0.3, 0.4) is 0 Å². The number of nitrogens with zero attached hydrogens (tertiary/aromatic N) is 3. The summed E-state index contributed by atoms with van der Waals surface area (Å²) in [6.07, 6.45) is -1.69. The number of benzene rings is 1. The number of esters is 1. The van der Waals surface area contributed by atoms with Crippen LogP contribution in [-0.2, 0) is 4.74 Å². The lowest BCUT2D eigenvalue weighted by atomic mass is 10.1. The molecule has 1 aromatic carbocycles. The standard InChI is InChI=1S/C16H12F3N3O2/c1-2-24-16(23)11-8-20-22-13(14(18)19)7-12(21-15(11)22)9-3-5-10(17)6-4-9/h3-8,14H,2H2,1H3. The van der Waals surface area contributed by atoms with Gasteiger partial charge in [0, 0.05) is 5.56 Å². The molecule has 0 fully saturated rings. The van der Waals surface area contributed by atoms with Gasteiger partial charge < -0.3 is 4.74 Å². The average molecular weight is 335 g/mol. The second-order valence-corrected chi connectivity index (χ2v) is 4.89. The van der Waals surface area contributed by atoms with E-state index in [2.05, 4.69) is 10.1 Å². The first kappa shape index (κ1) is 16.0. The van der Waals surface area contributed by atoms with Gasteiger partial charge in [-0.3, -0.25) is 0 Å². The van der Waals surface area contributed by atoms with E-state index in [1.807, 2.05) is 0 Å². The normalized spacial score (nSPS) is 11.2. The molecule has 0 saturated carbocycles. The molecule has 8 heteroatoms. The summed E-state index contributed by atoms with van der Waals surface area (Å²) in [5, 5.41) is 3.81. The Hall–Kier alpha value is -2.90. The van der Waals surface area contributed by atoms with Crippen molar-refractivity contribution < 1.29 is 22.7 Å². The van der Waals surface area contributed by atoms with Crippen molar-refractivity contribution in [3.63, 3.8) is 0 Å². The number of halogens is 3. The van der Waals surface area contributed by atoms with Crippen molar-refractivity contribution in [3.05, 3.63) is 53.6 Å². The van der Waals surface area contributed by atoms with Crippen LogP contribution >= 0.6 is 0 Å². The Balaban J connectivity index is 2.22. The molecule has 0 aliphatic carbocycles. The first-order chi connectivity index (χ1) is 11.5. The average Bonchev–Trinajstić information content (AvgIpc) is 2.98. The third-order valence-electron chi connectivity index (χ3n) is 3.36. The Morgan fingerprint density at radius 3 is 2.62 bits per heavy atom. The highest BCUT2D eigenvalue weighted by Gasteiger charge is 2.22. The molecule has 5 nitrogen and oxygen atoms in total. The summed E-state index contributed by atoms with van der Waals surface area (Å²) in [6, 6.07) is 6.40. The van der Waals surface area contributed by atoms with E-state index in [-0.39, 0.29) is 23.5 Å². The summed E-state index contributed by atoms with van der Waals surface area (Å²) in [6.45, 7) is 1.76. The van der Waals surface area contributed by atoms with Crippen LogP contribution in [0.15, 0.2) is 36.5 Å². The van der Waals surface area contributed by atoms with Gasteiger partial charge in [0.25, 0.3) is 6.43 Å². The Kier molecular flexibility index (Phi) is 4.20. The summed E-state index contributed by atoms with van der Waals surface area (Å²) >= 11 is 0. The summed E-state index contributed by atoms with van der Waals surface area (Å²) in [7, 11) is 0. The maximum Gasteiger partial charge on any atom is 0.343 e. The number of carbonyl (C=O) groups excluding carboxylic acids is 1. The number of carbonyl (C=O) groups is 1. The van der Waals surface area contributed by atoms with Gasteiger partial charge >= 0.3 is 5.97 Å². The number of ether oxygens (including phenoxy) is 1. The van der Waals surface area contributed by atoms with Crippen LogP contribution in [0.2, 0.25) is 0 Å². The Morgan fingerprint density at radius 1 is 1.29 bits per heavy atom. The van der Waals surface area contributed by atoms with Crippen molar-refractivity contribution in [2.24, 2.45) is 0 Å². The molecule has 0 bridgehead atoms. The van der Waals surface area contributed by atoms with E-state index >= 15 is 0 Å². The molecule has 0 unspecified atom stereocenters. The highest BCUT2D eigenvalue weighted by atomic mass is 19.3. The van der Waals surface area contributed by atoms with Crippen LogP contribution < -0.4 is 0 Å². The van der Waals surface area contributed by atoms with E-state index in [0.29, 0.717) is 5.56 Å². The van der Waals surface area contributed by atoms with Crippen LogP contribution in [0.4, 0.5) is 13.2 Å². The lowest BCUT2D eigenvalue weighted by Crippen LogP contribution is -2.07. The fourth-order valence-corrected chi connectivity index (χ4v) is 2.26. The zero-order valence-electron chi connectivity index (χ0n) is 12.5. The highest BCUT2D eigenvalue weighted by Crippen LogP contribution is 2.27. The number of hydrogen-bond donors (Lipinski definition) is 0. The van der Waals surface area contributed by atoms with E-state index in [0.717, 1.165) is 16.8 Å². The third-order valence-corrected chi connectivity index (χ3v) is 3.36. The van der Waals surface area contributed by atoms with Crippen molar-refractivity contribution in [1.29, 1.82) is 0 Å². The number of alkyl halides is 2. The maximum atomic E-state index is 13.4. The summed E-state index contributed by atoms with van der Waals surface area (Å²) in [5.41, 5.74) is 0.156. The second kappa shape index (κ2) is 6.31. The largest absolute Gasteiger partial charge is 0.462 e. The molecule has 0 N–H and O–H groups in total. The molecule has 0 atom stereocenters. The van der Waals surface area contributed by atoms with Gasteiger partial charge in [0.05, 0.1) is 18.5 Å². The van der Waals surface area contributed by atoms with Gasteiger partial charge in [-0.15, -0.1) is 0 Å². The minimum absolute atomic E-state index is 0.0114. The zero-order chi connectivity index (χ0) is 17.3. The van der Waals surface area contributed by atoms with Crippen LogP contribution in [0.25, 0.3) is 16.9 Å². The van der Waals surface area contributed by atoms with Crippen molar-refractivity contribution in [3.8, 4) is 11.3 Å². The molecular weight excluding hydrogens is 323 g/mol. The first-order valence-electron chi connectivity index (χ1n) is 7.11. The molecule has 124 valence electrons. The minimum atomic E-state index is -2.83. The molecule has 0 spiro atoms. The van der Waals surface area contributed by atoms with Gasteiger partial charge in [-0.05, 0) is 37.3 Å². The Bertz CT molecular complexity index is 891. The highest BCUT2D eigenvalue weighted by molar-refractivity contribution is 5.96. The zero-order valence-corrected chi connectivity index (χ0v) is 12.5. The SMILES string of the molecule is CCOC(=O)c1cnn2c(C(F)F)cc(-c3ccc(F)cc3)nc12. The molecule has 3 rings (SSSR count). The van der Waals surface area contributed by atoms with Crippen LogP contribution in [0, 0.1) is 5.82 Å². The molecular formula is C16H12F3N3O2. The van der Waals surface area contributed by atoms with Crippen molar-refractivity contribution >= 4 is 11.6 Å². The first-order valence-corrected chi connectivity index (χ1v) is 7.11. The molecule has 2 heterocycles. The Morgan fingerprint density at radius 2 is 2.00 bits per heavy atom. The molecule has 0 saturated heterocycles. The van der Waals surface area contributed by atoms with Crippen LogP contribution in [0.1, 0.15) is 29.4 Å². The van der Waals surface area contributed by atoms with Crippen molar-refractivity contribution in [2.75, 3.05) is 6.61 Å². The van der Waals surface area contributed by atoms with E-state index in [1.165, 1.54) is 24.3 Å².